The Bertz CT molecular complexity index is 1010. The monoisotopic (exact) mass is 410 g/mol. The molecule has 0 aliphatic rings. The van der Waals surface area contributed by atoms with Crippen molar-refractivity contribution in [3.63, 3.8) is 0 Å². The van der Waals surface area contributed by atoms with Gasteiger partial charge >= 0.3 is 0 Å². The number of hydrogen-bond donors (Lipinski definition) is 1. The van der Waals surface area contributed by atoms with Crippen molar-refractivity contribution in [3.05, 3.63) is 59.4 Å². The normalized spacial score (nSPS) is 10.9. The molecule has 0 unspecified atom stereocenters. The van der Waals surface area contributed by atoms with E-state index >= 15 is 0 Å². The summed E-state index contributed by atoms with van der Waals surface area (Å²) in [6.07, 6.45) is 4.37. The zero-order chi connectivity index (χ0) is 20.8. The first-order chi connectivity index (χ1) is 14.1. The fraction of sp³-hybridized carbons (Fsp3) is 0.318. The Morgan fingerprint density at radius 2 is 2.24 bits per heavy atom. The molecule has 1 amide bonds. The Labute approximate surface area is 175 Å². The summed E-state index contributed by atoms with van der Waals surface area (Å²) in [5, 5.41) is 5.82. The minimum Gasteiger partial charge on any atom is -0.383 e. The van der Waals surface area contributed by atoms with Gasteiger partial charge in [-0.05, 0) is 31.5 Å². The van der Waals surface area contributed by atoms with Crippen LogP contribution >= 0.6 is 11.3 Å². The molecule has 0 aromatic carbocycles. The molecule has 7 heteroatoms. The first kappa shape index (κ1) is 21.0. The third-order valence-electron chi connectivity index (χ3n) is 4.73. The van der Waals surface area contributed by atoms with Crippen LogP contribution < -0.4 is 5.32 Å². The van der Waals surface area contributed by atoms with Crippen molar-refractivity contribution in [1.29, 1.82) is 0 Å². The van der Waals surface area contributed by atoms with E-state index in [0.717, 1.165) is 39.8 Å². The highest BCUT2D eigenvalue weighted by Crippen LogP contribution is 2.31. The van der Waals surface area contributed by atoms with Crippen molar-refractivity contribution in [2.75, 3.05) is 20.3 Å². The summed E-state index contributed by atoms with van der Waals surface area (Å²) >= 11 is 1.59. The molecule has 0 saturated heterocycles. The second kappa shape index (κ2) is 9.62. The molecule has 0 fully saturated rings. The number of amides is 1. The largest absolute Gasteiger partial charge is 0.383 e. The topological polar surface area (TPSA) is 69.0 Å². The van der Waals surface area contributed by atoms with Crippen LogP contribution in [0.2, 0.25) is 0 Å². The number of aromatic nitrogens is 3. The predicted octanol–water partition coefficient (Wildman–Crippen LogP) is 4.11. The molecular formula is C22H26N4O2S. The Balaban J connectivity index is 1.99. The molecule has 3 aromatic heterocycles. The molecule has 0 spiro atoms. The van der Waals surface area contributed by atoms with E-state index in [1.54, 1.807) is 24.5 Å². The molecule has 3 rings (SSSR count). The van der Waals surface area contributed by atoms with E-state index in [1.165, 1.54) is 0 Å². The maximum Gasteiger partial charge on any atom is 0.253 e. The number of rotatable bonds is 9. The average Bonchev–Trinajstić information content (AvgIpc) is 3.35. The first-order valence-corrected chi connectivity index (χ1v) is 10.5. The van der Waals surface area contributed by atoms with E-state index in [-0.39, 0.29) is 5.91 Å². The minimum absolute atomic E-state index is 0.114. The third-order valence-corrected chi connectivity index (χ3v) is 5.62. The summed E-state index contributed by atoms with van der Waals surface area (Å²) in [5.41, 5.74) is 5.40. The number of thiazole rings is 1. The van der Waals surface area contributed by atoms with E-state index in [1.807, 2.05) is 30.6 Å². The minimum atomic E-state index is -0.114. The second-order valence-corrected chi connectivity index (χ2v) is 7.46. The predicted molar refractivity (Wildman–Crippen MR) is 117 cm³/mol. The second-order valence-electron chi connectivity index (χ2n) is 6.60. The van der Waals surface area contributed by atoms with Crippen LogP contribution in [0.5, 0.6) is 0 Å². The van der Waals surface area contributed by atoms with Gasteiger partial charge in [-0.15, -0.1) is 17.9 Å². The number of ether oxygens (including phenoxy) is 1. The van der Waals surface area contributed by atoms with Gasteiger partial charge in [0.25, 0.3) is 5.91 Å². The Hall–Kier alpha value is -2.77. The van der Waals surface area contributed by atoms with Crippen LogP contribution in [0.15, 0.2) is 42.4 Å². The average molecular weight is 411 g/mol. The van der Waals surface area contributed by atoms with Crippen molar-refractivity contribution in [2.24, 2.45) is 0 Å². The Kier molecular flexibility index (Phi) is 6.95. The smallest absolute Gasteiger partial charge is 0.253 e. The molecule has 1 N–H and O–H groups in total. The molecule has 0 atom stereocenters. The summed E-state index contributed by atoms with van der Waals surface area (Å²) < 4.78 is 7.36. The van der Waals surface area contributed by atoms with Crippen molar-refractivity contribution in [3.8, 4) is 22.0 Å². The first-order valence-electron chi connectivity index (χ1n) is 9.58. The summed E-state index contributed by atoms with van der Waals surface area (Å²) in [4.78, 5) is 21.8. The maximum atomic E-state index is 12.6. The standard InChI is InChI=1S/C22H26N4O2S/c1-5-8-24-21(27)18-13-20(26(15(18)3)10-11-28-4)19-14-29-22(25-19)16-7-9-23-17(6-2)12-16/h5,7,9,12-14H,1,6,8,10-11H2,2-4H3,(H,24,27). The molecule has 0 radical (unpaired) electrons. The van der Waals surface area contributed by atoms with E-state index in [4.69, 9.17) is 9.72 Å². The Morgan fingerprint density at radius 1 is 1.41 bits per heavy atom. The fourth-order valence-corrected chi connectivity index (χ4v) is 3.96. The zero-order valence-electron chi connectivity index (χ0n) is 17.1. The summed E-state index contributed by atoms with van der Waals surface area (Å²) in [5.74, 6) is -0.114. The Morgan fingerprint density at radius 3 is 2.97 bits per heavy atom. The number of pyridine rings is 1. The number of carbonyl (C=O) groups excluding carboxylic acids is 1. The van der Waals surface area contributed by atoms with Gasteiger partial charge in [0.05, 0.1) is 23.6 Å². The number of hydrogen-bond acceptors (Lipinski definition) is 5. The van der Waals surface area contributed by atoms with Gasteiger partial charge in [-0.3, -0.25) is 9.78 Å². The van der Waals surface area contributed by atoms with Gasteiger partial charge in [-0.25, -0.2) is 4.98 Å². The lowest BCUT2D eigenvalue weighted by atomic mass is 10.2. The third kappa shape index (κ3) is 4.63. The number of nitrogens with zero attached hydrogens (tertiary/aromatic N) is 3. The van der Waals surface area contributed by atoms with E-state index in [9.17, 15) is 4.79 Å². The van der Waals surface area contributed by atoms with Gasteiger partial charge in [0.2, 0.25) is 0 Å². The van der Waals surface area contributed by atoms with Crippen molar-refractivity contribution in [2.45, 2.75) is 26.8 Å². The molecule has 3 aromatic rings. The van der Waals surface area contributed by atoms with Gasteiger partial charge in [-0.1, -0.05) is 13.0 Å². The summed E-state index contributed by atoms with van der Waals surface area (Å²) in [6, 6.07) is 5.96. The molecule has 152 valence electrons. The molecule has 29 heavy (non-hydrogen) atoms. The molecular weight excluding hydrogens is 384 g/mol. The van der Waals surface area contributed by atoms with Crippen molar-refractivity contribution >= 4 is 17.2 Å². The van der Waals surface area contributed by atoms with Crippen molar-refractivity contribution in [1.82, 2.24) is 19.9 Å². The lowest BCUT2D eigenvalue weighted by Crippen LogP contribution is -2.23. The number of aryl methyl sites for hydroxylation is 1. The van der Waals surface area contributed by atoms with Gasteiger partial charge in [-0.2, -0.15) is 0 Å². The molecule has 0 aliphatic carbocycles. The number of nitrogens with one attached hydrogen (secondary N) is 1. The molecule has 0 aliphatic heterocycles. The van der Waals surface area contributed by atoms with Crippen LogP contribution in [0.1, 0.15) is 28.7 Å². The van der Waals surface area contributed by atoms with Crippen LogP contribution in [0.4, 0.5) is 0 Å². The van der Waals surface area contributed by atoms with Gasteiger partial charge in [0, 0.05) is 48.7 Å². The zero-order valence-corrected chi connectivity index (χ0v) is 17.9. The highest BCUT2D eigenvalue weighted by atomic mass is 32.1. The van der Waals surface area contributed by atoms with Crippen LogP contribution in [0.25, 0.3) is 22.0 Å². The molecule has 0 bridgehead atoms. The lowest BCUT2D eigenvalue weighted by molar-refractivity contribution is 0.0957. The van der Waals surface area contributed by atoms with Crippen LogP contribution in [0.3, 0.4) is 0 Å². The number of methoxy groups -OCH3 is 1. The van der Waals surface area contributed by atoms with Crippen molar-refractivity contribution < 1.29 is 9.53 Å². The highest BCUT2D eigenvalue weighted by Gasteiger charge is 2.20. The summed E-state index contributed by atoms with van der Waals surface area (Å²) in [6.45, 7) is 9.32. The maximum absolute atomic E-state index is 12.6. The lowest BCUT2D eigenvalue weighted by Gasteiger charge is -2.10. The molecule has 6 nitrogen and oxygen atoms in total. The van der Waals surface area contributed by atoms with Gasteiger partial charge in [0.1, 0.15) is 5.01 Å². The van der Waals surface area contributed by atoms with Gasteiger partial charge in [0.15, 0.2) is 0 Å². The highest BCUT2D eigenvalue weighted by molar-refractivity contribution is 7.13. The van der Waals surface area contributed by atoms with Crippen LogP contribution in [-0.2, 0) is 17.7 Å². The molecule has 0 saturated carbocycles. The van der Waals surface area contributed by atoms with Crippen LogP contribution in [-0.4, -0.2) is 40.7 Å². The number of carbonyl (C=O) groups is 1. The fourth-order valence-electron chi connectivity index (χ4n) is 3.15. The summed E-state index contributed by atoms with van der Waals surface area (Å²) in [7, 11) is 1.67. The van der Waals surface area contributed by atoms with E-state index < -0.39 is 0 Å². The van der Waals surface area contributed by atoms with E-state index in [2.05, 4.69) is 34.4 Å². The SMILES string of the molecule is C=CCNC(=O)c1cc(-c2csc(-c3ccnc(CC)c3)n2)n(CCOC)c1C. The van der Waals surface area contributed by atoms with Gasteiger partial charge < -0.3 is 14.6 Å². The quantitative estimate of drug-likeness (QED) is 0.539. The molecule has 3 heterocycles. The van der Waals surface area contributed by atoms with E-state index in [0.29, 0.717) is 25.3 Å². The van der Waals surface area contributed by atoms with Crippen LogP contribution in [0, 0.1) is 6.92 Å².